The molecule has 1 atom stereocenters. The number of rotatable bonds is 6. The van der Waals surface area contributed by atoms with Crippen LogP contribution in [0, 0.1) is 0 Å². The number of ether oxygens (including phenoxy) is 2. The van der Waals surface area contributed by atoms with Crippen molar-refractivity contribution >= 4 is 0 Å². The lowest BCUT2D eigenvalue weighted by atomic mass is 10.2. The molecule has 0 aliphatic rings. The van der Waals surface area contributed by atoms with E-state index in [4.69, 9.17) is 9.47 Å². The molecule has 0 fully saturated rings. The average Bonchev–Trinajstić information content (AvgIpc) is 2.36. The molecule has 0 bridgehead atoms. The number of nitrogens with one attached hydrogen (secondary N) is 1. The highest BCUT2D eigenvalue weighted by Crippen LogP contribution is 2.02. The normalized spacial score (nSPS) is 13.8. The predicted molar refractivity (Wildman–Crippen MR) is 64.1 cm³/mol. The van der Waals surface area contributed by atoms with Gasteiger partial charge in [-0.1, -0.05) is 30.3 Å². The Morgan fingerprint density at radius 2 is 1.69 bits per heavy atom. The molecule has 1 aromatic carbocycles. The summed E-state index contributed by atoms with van der Waals surface area (Å²) in [6, 6.07) is 10.4. The molecular weight excluding hydrogens is 202 g/mol. The summed E-state index contributed by atoms with van der Waals surface area (Å²) in [6.45, 7) is 5.95. The number of quaternary nitrogens is 1. The molecule has 1 aromatic rings. The molecule has 1 rings (SSSR count). The molecule has 0 saturated carbocycles. The molecule has 1 N–H and O–H groups in total. The lowest BCUT2D eigenvalue weighted by molar-refractivity contribution is -1.01. The Labute approximate surface area is 98.0 Å². The fraction of sp³-hybridized carbons (Fsp3) is 0.538. The minimum Gasteiger partial charge on any atom is -0.307 e. The van der Waals surface area contributed by atoms with Crippen molar-refractivity contribution < 1.29 is 14.4 Å². The van der Waals surface area contributed by atoms with E-state index in [9.17, 15) is 0 Å². The summed E-state index contributed by atoms with van der Waals surface area (Å²) in [5, 5.41) is 0. The van der Waals surface area contributed by atoms with Gasteiger partial charge >= 0.3 is 5.91 Å². The Kier molecular flexibility index (Phi) is 4.93. The van der Waals surface area contributed by atoms with Crippen molar-refractivity contribution in [3.05, 3.63) is 35.9 Å². The minimum atomic E-state index is -0.579. The molecule has 1 unspecified atom stereocenters. The Hall–Kier alpha value is -0.900. The van der Waals surface area contributed by atoms with Gasteiger partial charge < -0.3 is 9.47 Å². The highest BCUT2D eigenvalue weighted by Gasteiger charge is 2.35. The van der Waals surface area contributed by atoms with Crippen LogP contribution in [0.4, 0.5) is 0 Å². The highest BCUT2D eigenvalue weighted by molar-refractivity contribution is 5.13. The van der Waals surface area contributed by atoms with E-state index in [1.165, 1.54) is 10.5 Å². The van der Waals surface area contributed by atoms with Crippen LogP contribution in [0.15, 0.2) is 30.3 Å². The maximum Gasteiger partial charge on any atom is 0.314 e. The van der Waals surface area contributed by atoms with Gasteiger partial charge in [-0.05, 0) is 6.92 Å². The second-order valence-electron chi connectivity index (χ2n) is 3.97. The summed E-state index contributed by atoms with van der Waals surface area (Å²) in [4.78, 5) is 1.25. The standard InChI is InChI=1S/C13H21NO2/c1-5-14(13(2,15-3)16-4)11-12-9-7-6-8-10-12/h6-10H,5,11H2,1-4H3/p+1. The monoisotopic (exact) mass is 224 g/mol. The third kappa shape index (κ3) is 3.04. The molecule has 3 heteroatoms. The maximum absolute atomic E-state index is 5.45. The predicted octanol–water partition coefficient (Wildman–Crippen LogP) is 1.06. The van der Waals surface area contributed by atoms with Crippen molar-refractivity contribution in [2.45, 2.75) is 26.3 Å². The van der Waals surface area contributed by atoms with Crippen molar-refractivity contribution in [3.8, 4) is 0 Å². The van der Waals surface area contributed by atoms with Gasteiger partial charge in [-0.15, -0.1) is 0 Å². The van der Waals surface area contributed by atoms with Gasteiger partial charge in [0.25, 0.3) is 0 Å². The van der Waals surface area contributed by atoms with E-state index in [0.29, 0.717) is 0 Å². The second kappa shape index (κ2) is 5.99. The lowest BCUT2D eigenvalue weighted by Gasteiger charge is -2.34. The summed E-state index contributed by atoms with van der Waals surface area (Å²) in [6.07, 6.45) is 0. The molecule has 0 aliphatic heterocycles. The number of hydrogen-bond acceptors (Lipinski definition) is 2. The third-order valence-electron chi connectivity index (χ3n) is 3.11. The number of methoxy groups -OCH3 is 2. The third-order valence-corrected chi connectivity index (χ3v) is 3.11. The van der Waals surface area contributed by atoms with Crippen molar-refractivity contribution in [1.82, 2.24) is 0 Å². The van der Waals surface area contributed by atoms with Crippen LogP contribution in [0.25, 0.3) is 0 Å². The summed E-state index contributed by atoms with van der Waals surface area (Å²) >= 11 is 0. The zero-order chi connectivity index (χ0) is 12.0. The van der Waals surface area contributed by atoms with Crippen LogP contribution in [0.5, 0.6) is 0 Å². The molecule has 0 radical (unpaired) electrons. The van der Waals surface area contributed by atoms with Gasteiger partial charge in [0.05, 0.1) is 6.54 Å². The molecule has 0 amide bonds. The lowest BCUT2D eigenvalue weighted by Crippen LogP contribution is -3.19. The fourth-order valence-electron chi connectivity index (χ4n) is 1.82. The van der Waals surface area contributed by atoms with Gasteiger partial charge in [0.15, 0.2) is 0 Å². The van der Waals surface area contributed by atoms with E-state index in [1.807, 2.05) is 13.0 Å². The van der Waals surface area contributed by atoms with Crippen LogP contribution in [-0.4, -0.2) is 26.7 Å². The second-order valence-corrected chi connectivity index (χ2v) is 3.97. The summed E-state index contributed by atoms with van der Waals surface area (Å²) in [7, 11) is 3.37. The summed E-state index contributed by atoms with van der Waals surface area (Å²) in [5.74, 6) is -0.579. The first kappa shape index (κ1) is 13.2. The van der Waals surface area contributed by atoms with Crippen molar-refractivity contribution in [2.75, 3.05) is 20.8 Å². The highest BCUT2D eigenvalue weighted by atomic mass is 16.7. The Morgan fingerprint density at radius 1 is 1.12 bits per heavy atom. The van der Waals surface area contributed by atoms with Gasteiger partial charge in [0.1, 0.15) is 6.54 Å². The Balaban J connectivity index is 2.76. The van der Waals surface area contributed by atoms with Crippen molar-refractivity contribution in [1.29, 1.82) is 0 Å². The van der Waals surface area contributed by atoms with Crippen molar-refractivity contribution in [2.24, 2.45) is 0 Å². The van der Waals surface area contributed by atoms with Crippen LogP contribution >= 0.6 is 0 Å². The quantitative estimate of drug-likeness (QED) is 0.730. The zero-order valence-corrected chi connectivity index (χ0v) is 10.6. The first-order valence-corrected chi connectivity index (χ1v) is 5.65. The van der Waals surface area contributed by atoms with Gasteiger partial charge in [0.2, 0.25) is 0 Å². The van der Waals surface area contributed by atoms with E-state index in [-0.39, 0.29) is 0 Å². The minimum absolute atomic E-state index is 0.579. The zero-order valence-electron chi connectivity index (χ0n) is 10.6. The SMILES string of the molecule is CC[NH+](Cc1ccccc1)C(C)(OC)OC. The number of hydrogen-bond donors (Lipinski definition) is 1. The average molecular weight is 224 g/mol. The van der Waals surface area contributed by atoms with Gasteiger partial charge in [-0.2, -0.15) is 0 Å². The van der Waals surface area contributed by atoms with Gasteiger partial charge in [-0.3, -0.25) is 4.90 Å². The van der Waals surface area contributed by atoms with Crippen LogP contribution in [0.3, 0.4) is 0 Å². The van der Waals surface area contributed by atoms with Gasteiger partial charge in [-0.25, -0.2) is 0 Å². The molecule has 0 aromatic heterocycles. The van der Waals surface area contributed by atoms with Crippen LogP contribution in [-0.2, 0) is 16.0 Å². The summed E-state index contributed by atoms with van der Waals surface area (Å²) in [5.41, 5.74) is 1.29. The first-order chi connectivity index (χ1) is 7.66. The molecule has 0 saturated heterocycles. The molecule has 90 valence electrons. The van der Waals surface area contributed by atoms with Gasteiger partial charge in [0, 0.05) is 26.7 Å². The van der Waals surface area contributed by atoms with E-state index < -0.39 is 5.91 Å². The smallest absolute Gasteiger partial charge is 0.307 e. The molecule has 0 heterocycles. The summed E-state index contributed by atoms with van der Waals surface area (Å²) < 4.78 is 10.9. The largest absolute Gasteiger partial charge is 0.314 e. The fourth-order valence-corrected chi connectivity index (χ4v) is 1.82. The van der Waals surface area contributed by atoms with Crippen molar-refractivity contribution in [3.63, 3.8) is 0 Å². The van der Waals surface area contributed by atoms with Crippen LogP contribution < -0.4 is 4.90 Å². The Bertz CT molecular complexity index is 296. The molecule has 0 spiro atoms. The number of benzene rings is 1. The molecule has 3 nitrogen and oxygen atoms in total. The van der Waals surface area contributed by atoms with Crippen LogP contribution in [0.1, 0.15) is 19.4 Å². The van der Waals surface area contributed by atoms with E-state index in [1.54, 1.807) is 14.2 Å². The maximum atomic E-state index is 5.45. The van der Waals surface area contributed by atoms with E-state index >= 15 is 0 Å². The topological polar surface area (TPSA) is 22.9 Å². The van der Waals surface area contributed by atoms with E-state index in [2.05, 4.69) is 31.2 Å². The molecule has 16 heavy (non-hydrogen) atoms. The molecular formula is C13H22NO2+. The first-order valence-electron chi connectivity index (χ1n) is 5.65. The van der Waals surface area contributed by atoms with E-state index in [0.717, 1.165) is 13.1 Å². The van der Waals surface area contributed by atoms with Crippen LogP contribution in [0.2, 0.25) is 0 Å². The molecule has 0 aliphatic carbocycles. The Morgan fingerprint density at radius 3 is 2.12 bits per heavy atom.